The summed E-state index contributed by atoms with van der Waals surface area (Å²) < 4.78 is 4.01. The molecule has 0 spiro atoms. The van der Waals surface area contributed by atoms with Crippen molar-refractivity contribution in [3.8, 4) is 5.69 Å². The van der Waals surface area contributed by atoms with Crippen molar-refractivity contribution in [1.29, 1.82) is 0 Å². The van der Waals surface area contributed by atoms with E-state index in [9.17, 15) is 0 Å². The number of hydrogen-bond donors (Lipinski definition) is 2. The number of benzene rings is 4. The van der Waals surface area contributed by atoms with Crippen LogP contribution in [0.25, 0.3) is 61.2 Å². The van der Waals surface area contributed by atoms with E-state index in [2.05, 4.69) is 14.5 Å². The van der Waals surface area contributed by atoms with Gasteiger partial charge in [-0.2, -0.15) is 15.0 Å². The van der Waals surface area contributed by atoms with Crippen LogP contribution in [-0.4, -0.2) is 44.4 Å². The second-order valence-electron chi connectivity index (χ2n) is 10.5. The lowest BCUT2D eigenvalue weighted by Gasteiger charge is -2.00. The van der Waals surface area contributed by atoms with Gasteiger partial charge in [-0.05, 0) is 40.3 Å². The van der Waals surface area contributed by atoms with Crippen molar-refractivity contribution in [3.63, 3.8) is 0 Å². The molecule has 10 heteroatoms. The molecule has 0 atom stereocenters. The van der Waals surface area contributed by atoms with Gasteiger partial charge in [-0.1, -0.05) is 78.9 Å². The highest BCUT2D eigenvalue weighted by Gasteiger charge is 2.21. The van der Waals surface area contributed by atoms with E-state index < -0.39 is 0 Å². The number of nitrogens with zero attached hydrogens (tertiary/aromatic N) is 8. The van der Waals surface area contributed by atoms with Crippen LogP contribution in [0.4, 0.5) is 5.69 Å². The van der Waals surface area contributed by atoms with Crippen LogP contribution in [0.5, 0.6) is 0 Å². The molecule has 10 nitrogen and oxygen atoms in total. The Morgan fingerprint density at radius 3 is 1.73 bits per heavy atom. The number of rotatable bonds is 2. The second-order valence-corrected chi connectivity index (χ2v) is 10.5. The Hall–Kier alpha value is -6.29. The number of imidazole rings is 1. The summed E-state index contributed by atoms with van der Waals surface area (Å²) in [5, 5.41) is 3.74. The van der Waals surface area contributed by atoms with E-state index >= 15 is 0 Å². The van der Waals surface area contributed by atoms with Crippen molar-refractivity contribution in [2.24, 2.45) is 0 Å². The molecular formula is C34H23N10+. The van der Waals surface area contributed by atoms with Crippen molar-refractivity contribution in [2.45, 2.75) is 6.54 Å². The normalized spacial score (nSPS) is 12.4. The standard InChI is InChI=1S/C34H22N10/c1-3-11-21(12-4-1)43-19-27-35-29-23-15-7-8-16-24(23)30(39-29)36-28-20-44(22-13-5-2-6-14-22)34(38-28)42-32-26-18-10-9-17-25(26)31(40-32)41-33(43)37-27/h1-19H,20H2,(H,35,36,37,38,39,40,41,42)/p+1. The number of H-pyrrole nitrogens is 2. The van der Waals surface area contributed by atoms with E-state index in [-0.39, 0.29) is 0 Å². The highest BCUT2D eigenvalue weighted by Crippen LogP contribution is 2.24. The minimum absolute atomic E-state index is 0.461. The van der Waals surface area contributed by atoms with Gasteiger partial charge < -0.3 is 9.97 Å². The lowest BCUT2D eigenvalue weighted by molar-refractivity contribution is 0.736. The average molecular weight is 572 g/mol. The maximum atomic E-state index is 5.07. The van der Waals surface area contributed by atoms with Gasteiger partial charge in [0.1, 0.15) is 29.2 Å². The molecule has 8 aromatic rings. The maximum Gasteiger partial charge on any atom is 0.437 e. The first-order valence-electron chi connectivity index (χ1n) is 14.3. The molecule has 0 radical (unpaired) electrons. The highest BCUT2D eigenvalue weighted by molar-refractivity contribution is 6.05. The third-order valence-electron chi connectivity index (χ3n) is 7.79. The van der Waals surface area contributed by atoms with Crippen LogP contribution in [0.3, 0.4) is 0 Å². The zero-order valence-electron chi connectivity index (χ0n) is 23.3. The molecule has 0 unspecified atom stereocenters. The number of aromatic amines is 2. The van der Waals surface area contributed by atoms with Gasteiger partial charge in [-0.3, -0.25) is 4.57 Å². The SMILES string of the molecule is c1ccc(-n2cc3nc4[nH]c(nc5nc(nc6[nH]c(nc2n3)c2ccccc62)=[N+](c2ccccc2)C5)c2ccccc42)cc1. The molecule has 1 aliphatic heterocycles. The van der Waals surface area contributed by atoms with Gasteiger partial charge in [0.05, 0.1) is 6.20 Å². The molecule has 0 fully saturated rings. The van der Waals surface area contributed by atoms with Gasteiger partial charge in [0, 0.05) is 27.2 Å². The first-order chi connectivity index (χ1) is 21.8. The quantitative estimate of drug-likeness (QED) is 0.262. The Kier molecular flexibility index (Phi) is 5.33. The number of nitrogens with one attached hydrogen (secondary N) is 2. The monoisotopic (exact) mass is 571 g/mol. The third kappa shape index (κ3) is 4.00. The molecule has 5 heterocycles. The molecule has 208 valence electrons. The average Bonchev–Trinajstić information content (AvgIpc) is 3.83. The van der Waals surface area contributed by atoms with Crippen LogP contribution in [0.2, 0.25) is 0 Å². The van der Waals surface area contributed by atoms with Crippen molar-refractivity contribution >= 4 is 61.2 Å². The van der Waals surface area contributed by atoms with Crippen LogP contribution in [0.15, 0.2) is 115 Å². The van der Waals surface area contributed by atoms with Crippen LogP contribution in [0.1, 0.15) is 5.82 Å². The lowest BCUT2D eigenvalue weighted by Crippen LogP contribution is -2.23. The lowest BCUT2D eigenvalue weighted by atomic mass is 10.2. The van der Waals surface area contributed by atoms with E-state index in [0.717, 1.165) is 32.9 Å². The Bertz CT molecular complexity index is 2580. The first kappa shape index (κ1) is 24.3. The third-order valence-corrected chi connectivity index (χ3v) is 7.79. The fraction of sp³-hybridized carbons (Fsp3) is 0.0294. The summed E-state index contributed by atoms with van der Waals surface area (Å²) >= 11 is 0. The van der Waals surface area contributed by atoms with Crippen LogP contribution >= 0.6 is 0 Å². The zero-order valence-corrected chi connectivity index (χ0v) is 23.3. The predicted molar refractivity (Wildman–Crippen MR) is 170 cm³/mol. The van der Waals surface area contributed by atoms with Gasteiger partial charge in [-0.15, -0.1) is 0 Å². The highest BCUT2D eigenvalue weighted by atomic mass is 15.2. The molecule has 0 amide bonds. The Balaban J connectivity index is 1.48. The minimum Gasteiger partial charge on any atom is -0.324 e. The van der Waals surface area contributed by atoms with Crippen LogP contribution in [0, 0.1) is 0 Å². The molecule has 2 N–H and O–H groups in total. The second kappa shape index (κ2) is 9.63. The molecule has 8 bridgehead atoms. The van der Waals surface area contributed by atoms with Crippen molar-refractivity contribution in [2.75, 3.05) is 0 Å². The van der Waals surface area contributed by atoms with Gasteiger partial charge in [-0.25, -0.2) is 9.56 Å². The number of aromatic nitrogens is 9. The summed E-state index contributed by atoms with van der Waals surface area (Å²) in [6.07, 6.45) is 1.90. The summed E-state index contributed by atoms with van der Waals surface area (Å²) in [4.78, 5) is 36.8. The van der Waals surface area contributed by atoms with Crippen molar-refractivity contribution < 1.29 is 0 Å². The number of hydrogen-bond acceptors (Lipinski definition) is 6. The number of fused-ring (bicyclic) bond motifs is 14. The van der Waals surface area contributed by atoms with Gasteiger partial charge in [0.15, 0.2) is 5.65 Å². The van der Waals surface area contributed by atoms with Crippen LogP contribution < -0.4 is 10.2 Å². The zero-order chi connectivity index (χ0) is 29.0. The van der Waals surface area contributed by atoms with E-state index in [4.69, 9.17) is 29.9 Å². The predicted octanol–water partition coefficient (Wildman–Crippen LogP) is 5.57. The Morgan fingerprint density at radius 2 is 1.07 bits per heavy atom. The summed E-state index contributed by atoms with van der Waals surface area (Å²) in [5.74, 6) is 1.12. The van der Waals surface area contributed by atoms with E-state index in [1.165, 1.54) is 0 Å². The van der Waals surface area contributed by atoms with Gasteiger partial charge in [0.25, 0.3) is 0 Å². The van der Waals surface area contributed by atoms with E-state index in [0.29, 0.717) is 52.0 Å². The van der Waals surface area contributed by atoms with E-state index in [1.807, 2.05) is 120 Å². The molecule has 4 aromatic carbocycles. The molecule has 0 saturated heterocycles. The summed E-state index contributed by atoms with van der Waals surface area (Å²) in [6.45, 7) is 0.461. The molecule has 9 rings (SSSR count). The molecule has 44 heavy (non-hydrogen) atoms. The molecule has 1 aliphatic rings. The van der Waals surface area contributed by atoms with Crippen molar-refractivity contribution in [3.05, 3.63) is 127 Å². The van der Waals surface area contributed by atoms with Gasteiger partial charge >= 0.3 is 5.62 Å². The largest absolute Gasteiger partial charge is 0.437 e. The summed E-state index contributed by atoms with van der Waals surface area (Å²) in [7, 11) is 0. The summed E-state index contributed by atoms with van der Waals surface area (Å²) in [5.41, 5.74) is 5.60. The summed E-state index contributed by atoms with van der Waals surface area (Å²) in [6, 6.07) is 36.2. The Morgan fingerprint density at radius 1 is 0.523 bits per heavy atom. The topological polar surface area (TPSA) is 117 Å². The molecule has 4 aromatic heterocycles. The first-order valence-corrected chi connectivity index (χ1v) is 14.3. The Labute approximate surface area is 249 Å². The number of para-hydroxylation sites is 2. The molecular weight excluding hydrogens is 548 g/mol. The fourth-order valence-corrected chi connectivity index (χ4v) is 5.74. The smallest absolute Gasteiger partial charge is 0.324 e. The fourth-order valence-electron chi connectivity index (χ4n) is 5.74. The van der Waals surface area contributed by atoms with Crippen molar-refractivity contribution in [1.82, 2.24) is 49.0 Å². The maximum absolute atomic E-state index is 5.07. The van der Waals surface area contributed by atoms with Gasteiger partial charge in [0.2, 0.25) is 17.2 Å². The van der Waals surface area contributed by atoms with E-state index in [1.54, 1.807) is 0 Å². The molecule has 0 saturated carbocycles. The van der Waals surface area contributed by atoms with Crippen LogP contribution in [-0.2, 0) is 6.54 Å². The molecule has 0 aliphatic carbocycles. The minimum atomic E-state index is 0.461.